The Hall–Kier alpha value is -0.660. The van der Waals surface area contributed by atoms with Gasteiger partial charge < -0.3 is 24.2 Å². The second-order valence-corrected chi connectivity index (χ2v) is 8.76. The van der Waals surface area contributed by atoms with E-state index in [9.17, 15) is 9.36 Å². The van der Waals surface area contributed by atoms with Crippen molar-refractivity contribution in [3.63, 3.8) is 0 Å². The van der Waals surface area contributed by atoms with Crippen LogP contribution in [0.2, 0.25) is 0 Å². The number of ether oxygens (including phenoxy) is 1. The molecule has 0 aliphatic carbocycles. The quantitative estimate of drug-likeness (QED) is 0.637. The third-order valence-corrected chi connectivity index (χ3v) is 5.49. The number of carbonyl (C=O) groups is 1. The van der Waals surface area contributed by atoms with E-state index in [4.69, 9.17) is 18.9 Å². The molecule has 2 unspecified atom stereocenters. The van der Waals surface area contributed by atoms with E-state index in [-0.39, 0.29) is 31.2 Å². The molecule has 0 aromatic heterocycles. The standard InChI is InChI=1S/C15H31N2O6P/c1-6-21-24(20,22-7-2)11-17-9-8-12(23-15(3,4)5)10-13(17)16-14(18)19/h12-13,16H,6-11H2,1-5H3,(H,18,19). The summed E-state index contributed by atoms with van der Waals surface area (Å²) in [4.78, 5) is 12.9. The summed E-state index contributed by atoms with van der Waals surface area (Å²) >= 11 is 0. The first kappa shape index (κ1) is 21.4. The highest BCUT2D eigenvalue weighted by Crippen LogP contribution is 2.49. The maximum Gasteiger partial charge on any atom is 0.405 e. The van der Waals surface area contributed by atoms with E-state index in [2.05, 4.69) is 5.32 Å². The van der Waals surface area contributed by atoms with E-state index in [1.54, 1.807) is 13.8 Å². The molecule has 1 amide bonds. The first-order valence-electron chi connectivity index (χ1n) is 8.38. The van der Waals surface area contributed by atoms with Crippen LogP contribution in [0.15, 0.2) is 0 Å². The Morgan fingerprint density at radius 3 is 2.33 bits per heavy atom. The van der Waals surface area contributed by atoms with Crippen LogP contribution >= 0.6 is 7.60 Å². The zero-order valence-corrected chi connectivity index (χ0v) is 16.2. The maximum atomic E-state index is 12.7. The molecule has 1 saturated heterocycles. The zero-order chi connectivity index (χ0) is 18.4. The van der Waals surface area contributed by atoms with Gasteiger partial charge in [0, 0.05) is 13.0 Å². The summed E-state index contributed by atoms with van der Waals surface area (Å²) in [5.41, 5.74) is -0.299. The maximum absolute atomic E-state index is 12.7. The van der Waals surface area contributed by atoms with E-state index >= 15 is 0 Å². The Morgan fingerprint density at radius 1 is 1.29 bits per heavy atom. The molecule has 0 spiro atoms. The number of likely N-dealkylation sites (tertiary alicyclic amines) is 1. The lowest BCUT2D eigenvalue weighted by atomic mass is 10.0. The van der Waals surface area contributed by atoms with Crippen molar-refractivity contribution < 1.29 is 28.3 Å². The number of nitrogens with one attached hydrogen (secondary N) is 1. The Kier molecular flexibility index (Phi) is 8.15. The number of rotatable bonds is 8. The fourth-order valence-electron chi connectivity index (χ4n) is 2.79. The van der Waals surface area contributed by atoms with Crippen LogP contribution in [0, 0.1) is 0 Å². The summed E-state index contributed by atoms with van der Waals surface area (Å²) in [6.45, 7) is 10.5. The Morgan fingerprint density at radius 2 is 1.88 bits per heavy atom. The highest BCUT2D eigenvalue weighted by Gasteiger charge is 2.37. The number of piperidine rings is 1. The second-order valence-electron chi connectivity index (χ2n) is 6.74. The molecule has 2 N–H and O–H groups in total. The molecular weight excluding hydrogens is 335 g/mol. The van der Waals surface area contributed by atoms with Crippen LogP contribution in [-0.2, 0) is 18.3 Å². The topological polar surface area (TPSA) is 97.3 Å². The molecule has 1 aliphatic rings. The first-order chi connectivity index (χ1) is 11.1. The van der Waals surface area contributed by atoms with Crippen molar-refractivity contribution in [2.45, 2.75) is 65.3 Å². The lowest BCUT2D eigenvalue weighted by Crippen LogP contribution is -2.54. The van der Waals surface area contributed by atoms with Gasteiger partial charge in [-0.3, -0.25) is 9.46 Å². The fraction of sp³-hybridized carbons (Fsp3) is 0.933. The molecule has 1 rings (SSSR count). The van der Waals surface area contributed by atoms with E-state index < -0.39 is 19.9 Å². The van der Waals surface area contributed by atoms with Crippen molar-refractivity contribution in [2.24, 2.45) is 0 Å². The van der Waals surface area contributed by atoms with Crippen LogP contribution in [0.1, 0.15) is 47.5 Å². The SMILES string of the molecule is CCOP(=O)(CN1CCC(OC(C)(C)C)CC1NC(=O)O)OCC. The summed E-state index contributed by atoms with van der Waals surface area (Å²) in [6.07, 6.45) is -0.393. The second kappa shape index (κ2) is 9.15. The minimum atomic E-state index is -3.28. The fourth-order valence-corrected chi connectivity index (χ4v) is 4.59. The lowest BCUT2D eigenvalue weighted by Gasteiger charge is -2.41. The van der Waals surface area contributed by atoms with Gasteiger partial charge in [0.1, 0.15) is 6.29 Å². The van der Waals surface area contributed by atoms with Gasteiger partial charge in [0.25, 0.3) is 0 Å². The van der Waals surface area contributed by atoms with Crippen molar-refractivity contribution in [3.8, 4) is 0 Å². The Bertz CT molecular complexity index is 444. The molecule has 142 valence electrons. The number of amides is 1. The molecule has 0 bridgehead atoms. The number of hydrogen-bond acceptors (Lipinski definition) is 6. The highest BCUT2D eigenvalue weighted by atomic mass is 31.2. The smallest absolute Gasteiger partial charge is 0.405 e. The van der Waals surface area contributed by atoms with E-state index in [0.29, 0.717) is 13.0 Å². The molecule has 1 aliphatic heterocycles. The summed E-state index contributed by atoms with van der Waals surface area (Å²) in [5, 5.41) is 11.6. The minimum absolute atomic E-state index is 0.0574. The molecule has 9 heteroatoms. The molecule has 1 fully saturated rings. The molecular formula is C15H31N2O6P. The summed E-state index contributed by atoms with van der Waals surface area (Å²) in [6, 6.07) is 0. The minimum Gasteiger partial charge on any atom is -0.465 e. The summed E-state index contributed by atoms with van der Waals surface area (Å²) < 4.78 is 29.3. The van der Waals surface area contributed by atoms with Crippen molar-refractivity contribution in [3.05, 3.63) is 0 Å². The van der Waals surface area contributed by atoms with Crippen LogP contribution in [0.5, 0.6) is 0 Å². The van der Waals surface area contributed by atoms with Gasteiger partial charge in [-0.25, -0.2) is 4.79 Å². The predicted molar refractivity (Wildman–Crippen MR) is 91.2 cm³/mol. The highest BCUT2D eigenvalue weighted by molar-refractivity contribution is 7.53. The molecule has 1 heterocycles. The molecule has 0 saturated carbocycles. The number of carboxylic acid groups (broad SMARTS) is 1. The van der Waals surface area contributed by atoms with Crippen LogP contribution in [-0.4, -0.2) is 60.0 Å². The average Bonchev–Trinajstić information content (AvgIpc) is 2.40. The van der Waals surface area contributed by atoms with E-state index in [1.165, 1.54) is 0 Å². The monoisotopic (exact) mass is 366 g/mol. The van der Waals surface area contributed by atoms with Gasteiger partial charge in [0.05, 0.1) is 31.1 Å². The zero-order valence-electron chi connectivity index (χ0n) is 15.3. The van der Waals surface area contributed by atoms with Gasteiger partial charge in [0.15, 0.2) is 0 Å². The molecule has 24 heavy (non-hydrogen) atoms. The number of hydrogen-bond donors (Lipinski definition) is 2. The van der Waals surface area contributed by atoms with E-state index in [0.717, 1.165) is 6.42 Å². The summed E-state index contributed by atoms with van der Waals surface area (Å²) in [7, 11) is -3.28. The van der Waals surface area contributed by atoms with Crippen molar-refractivity contribution >= 4 is 13.7 Å². The van der Waals surface area contributed by atoms with Crippen LogP contribution in [0.4, 0.5) is 4.79 Å². The van der Waals surface area contributed by atoms with Gasteiger partial charge in [-0.05, 0) is 41.0 Å². The van der Waals surface area contributed by atoms with Crippen LogP contribution in [0.3, 0.4) is 0 Å². The third-order valence-electron chi connectivity index (χ3n) is 3.48. The molecule has 0 radical (unpaired) electrons. The van der Waals surface area contributed by atoms with Crippen molar-refractivity contribution in [1.29, 1.82) is 0 Å². The van der Waals surface area contributed by atoms with Crippen molar-refractivity contribution in [2.75, 3.05) is 26.0 Å². The van der Waals surface area contributed by atoms with Crippen LogP contribution in [0.25, 0.3) is 0 Å². The van der Waals surface area contributed by atoms with Gasteiger partial charge >= 0.3 is 13.7 Å². The average molecular weight is 366 g/mol. The number of nitrogens with zero attached hydrogens (tertiary/aromatic N) is 1. The molecule has 8 nitrogen and oxygen atoms in total. The van der Waals surface area contributed by atoms with E-state index in [1.807, 2.05) is 25.7 Å². The Labute approximate surface area is 144 Å². The van der Waals surface area contributed by atoms with Gasteiger partial charge in [0.2, 0.25) is 0 Å². The van der Waals surface area contributed by atoms with Gasteiger partial charge in [-0.2, -0.15) is 0 Å². The van der Waals surface area contributed by atoms with Crippen LogP contribution < -0.4 is 5.32 Å². The molecule has 0 aromatic rings. The predicted octanol–water partition coefficient (Wildman–Crippen LogP) is 3.08. The third kappa shape index (κ3) is 7.49. The largest absolute Gasteiger partial charge is 0.465 e. The normalized spacial score (nSPS) is 23.2. The lowest BCUT2D eigenvalue weighted by molar-refractivity contribution is -0.0942. The summed E-state index contributed by atoms with van der Waals surface area (Å²) in [5.74, 6) is 0. The Balaban J connectivity index is 2.81. The first-order valence-corrected chi connectivity index (χ1v) is 10.1. The van der Waals surface area contributed by atoms with Gasteiger partial charge in [-0.1, -0.05) is 0 Å². The van der Waals surface area contributed by atoms with Crippen molar-refractivity contribution in [1.82, 2.24) is 10.2 Å². The molecule has 2 atom stereocenters. The van der Waals surface area contributed by atoms with Gasteiger partial charge in [-0.15, -0.1) is 0 Å². The molecule has 0 aromatic carbocycles.